The van der Waals surface area contributed by atoms with Gasteiger partial charge in [-0.15, -0.1) is 11.3 Å². The van der Waals surface area contributed by atoms with Gasteiger partial charge in [-0.2, -0.15) is 0 Å². The number of ketones is 1. The Labute approximate surface area is 107 Å². The lowest BCUT2D eigenvalue weighted by Crippen LogP contribution is -1.83. The van der Waals surface area contributed by atoms with Crippen LogP contribution in [0.1, 0.15) is 22.2 Å². The first-order valence-corrected chi connectivity index (χ1v) is 6.57. The molecule has 1 aromatic heterocycles. The van der Waals surface area contributed by atoms with E-state index in [-0.39, 0.29) is 5.78 Å². The Bertz CT molecular complexity index is 543. The Hall–Kier alpha value is -0.930. The molecule has 0 amide bonds. The van der Waals surface area contributed by atoms with Crippen LogP contribution < -0.4 is 0 Å². The zero-order valence-electron chi connectivity index (χ0n) is 9.08. The molecule has 1 nitrogen and oxygen atoms in total. The second-order valence-corrected chi connectivity index (χ2v) is 5.57. The van der Waals surface area contributed by atoms with Gasteiger partial charge < -0.3 is 0 Å². The minimum atomic E-state index is 0.129. The molecule has 2 aromatic rings. The molecule has 0 N–H and O–H groups in total. The zero-order chi connectivity index (χ0) is 11.7. The quantitative estimate of drug-likeness (QED) is 0.735. The first kappa shape index (κ1) is 11.6. The molecule has 2 rings (SSSR count). The van der Waals surface area contributed by atoms with E-state index in [1.54, 1.807) is 18.3 Å². The summed E-state index contributed by atoms with van der Waals surface area (Å²) in [5.41, 5.74) is 2.39. The van der Waals surface area contributed by atoms with E-state index in [2.05, 4.69) is 28.9 Å². The summed E-state index contributed by atoms with van der Waals surface area (Å²) in [4.78, 5) is 13.2. The molecule has 82 valence electrons. The number of halogens is 1. The van der Waals surface area contributed by atoms with Gasteiger partial charge in [-0.05, 0) is 43.2 Å². The van der Waals surface area contributed by atoms with Crippen molar-refractivity contribution in [1.29, 1.82) is 0 Å². The van der Waals surface area contributed by atoms with Crippen LogP contribution in [0.15, 0.2) is 34.8 Å². The van der Waals surface area contributed by atoms with E-state index >= 15 is 0 Å². The van der Waals surface area contributed by atoms with Crippen molar-refractivity contribution in [3.8, 4) is 10.4 Å². The number of carbonyl (C=O) groups is 1. The van der Waals surface area contributed by atoms with E-state index in [0.29, 0.717) is 0 Å². The highest BCUT2D eigenvalue weighted by molar-refractivity contribution is 9.10. The molecule has 1 heterocycles. The molecule has 16 heavy (non-hydrogen) atoms. The van der Waals surface area contributed by atoms with Crippen molar-refractivity contribution >= 4 is 33.0 Å². The van der Waals surface area contributed by atoms with Gasteiger partial charge in [-0.3, -0.25) is 4.79 Å². The van der Waals surface area contributed by atoms with Crippen molar-refractivity contribution in [2.75, 3.05) is 0 Å². The Morgan fingerprint density at radius 1 is 1.25 bits per heavy atom. The summed E-state index contributed by atoms with van der Waals surface area (Å²) in [7, 11) is 0. The van der Waals surface area contributed by atoms with Gasteiger partial charge in [0.05, 0.1) is 4.88 Å². The molecule has 1 aromatic carbocycles. The summed E-state index contributed by atoms with van der Waals surface area (Å²) >= 11 is 5.06. The van der Waals surface area contributed by atoms with Gasteiger partial charge in [0.25, 0.3) is 0 Å². The predicted octanol–water partition coefficient (Wildman–Crippen LogP) is 4.69. The van der Waals surface area contributed by atoms with E-state index in [4.69, 9.17) is 0 Å². The molecular formula is C13H11BrOS. The fourth-order valence-electron chi connectivity index (χ4n) is 1.55. The van der Waals surface area contributed by atoms with Gasteiger partial charge in [-0.1, -0.05) is 28.1 Å². The van der Waals surface area contributed by atoms with Crippen LogP contribution in [0.25, 0.3) is 10.4 Å². The van der Waals surface area contributed by atoms with Gasteiger partial charge in [0.15, 0.2) is 5.78 Å². The molecule has 0 saturated heterocycles. The first-order valence-electron chi connectivity index (χ1n) is 4.96. The third kappa shape index (κ3) is 2.11. The van der Waals surface area contributed by atoms with Crippen molar-refractivity contribution in [1.82, 2.24) is 0 Å². The van der Waals surface area contributed by atoms with Crippen molar-refractivity contribution in [2.24, 2.45) is 0 Å². The van der Waals surface area contributed by atoms with E-state index in [1.165, 1.54) is 11.1 Å². The SMILES string of the molecule is CC(=O)c1ccc(-c2cccc(Br)c2C)s1. The monoisotopic (exact) mass is 294 g/mol. The maximum atomic E-state index is 11.2. The molecular weight excluding hydrogens is 284 g/mol. The van der Waals surface area contributed by atoms with Crippen molar-refractivity contribution in [3.63, 3.8) is 0 Å². The second kappa shape index (κ2) is 4.52. The van der Waals surface area contributed by atoms with E-state index in [1.807, 2.05) is 24.3 Å². The van der Waals surface area contributed by atoms with Crippen LogP contribution in [0, 0.1) is 6.92 Å². The number of benzene rings is 1. The lowest BCUT2D eigenvalue weighted by molar-refractivity contribution is 0.102. The fourth-order valence-corrected chi connectivity index (χ4v) is 2.90. The summed E-state index contributed by atoms with van der Waals surface area (Å²) in [6, 6.07) is 10.0. The van der Waals surface area contributed by atoms with Crippen LogP contribution >= 0.6 is 27.3 Å². The largest absolute Gasteiger partial charge is 0.294 e. The van der Waals surface area contributed by atoms with Gasteiger partial charge >= 0.3 is 0 Å². The Balaban J connectivity index is 2.50. The summed E-state index contributed by atoms with van der Waals surface area (Å²) in [5.74, 6) is 0.129. The topological polar surface area (TPSA) is 17.1 Å². The maximum Gasteiger partial charge on any atom is 0.169 e. The zero-order valence-corrected chi connectivity index (χ0v) is 11.5. The third-order valence-electron chi connectivity index (χ3n) is 2.49. The van der Waals surface area contributed by atoms with E-state index in [0.717, 1.165) is 14.2 Å². The van der Waals surface area contributed by atoms with Crippen molar-refractivity contribution < 1.29 is 4.79 Å². The molecule has 0 unspecified atom stereocenters. The van der Waals surface area contributed by atoms with Crippen LogP contribution in [0.2, 0.25) is 0 Å². The minimum Gasteiger partial charge on any atom is -0.294 e. The fraction of sp³-hybridized carbons (Fsp3) is 0.154. The van der Waals surface area contributed by atoms with Gasteiger partial charge in [0, 0.05) is 9.35 Å². The summed E-state index contributed by atoms with van der Waals surface area (Å²) in [5, 5.41) is 0. The van der Waals surface area contributed by atoms with Gasteiger partial charge in [0.2, 0.25) is 0 Å². The summed E-state index contributed by atoms with van der Waals surface area (Å²) < 4.78 is 1.10. The Morgan fingerprint density at radius 2 is 2.00 bits per heavy atom. The highest BCUT2D eigenvalue weighted by atomic mass is 79.9. The molecule has 3 heteroatoms. The standard InChI is InChI=1S/C13H11BrOS/c1-8-10(4-3-5-11(8)14)13-7-6-12(16-13)9(2)15/h3-7H,1-2H3. The van der Waals surface area contributed by atoms with E-state index in [9.17, 15) is 4.79 Å². The number of rotatable bonds is 2. The van der Waals surface area contributed by atoms with Crippen LogP contribution in [0.3, 0.4) is 0 Å². The molecule has 0 fully saturated rings. The van der Waals surface area contributed by atoms with Crippen LogP contribution in [-0.2, 0) is 0 Å². The number of Topliss-reactive ketones (excluding diaryl/α,β-unsaturated/α-hetero) is 1. The van der Waals surface area contributed by atoms with Crippen molar-refractivity contribution in [3.05, 3.63) is 45.2 Å². The molecule has 0 aliphatic rings. The van der Waals surface area contributed by atoms with Gasteiger partial charge in [0.1, 0.15) is 0 Å². The average molecular weight is 295 g/mol. The highest BCUT2D eigenvalue weighted by Crippen LogP contribution is 2.33. The number of hydrogen-bond donors (Lipinski definition) is 0. The smallest absolute Gasteiger partial charge is 0.169 e. The lowest BCUT2D eigenvalue weighted by Gasteiger charge is -2.04. The predicted molar refractivity (Wildman–Crippen MR) is 72.2 cm³/mol. The summed E-state index contributed by atoms with van der Waals surface area (Å²) in [6.45, 7) is 3.68. The van der Waals surface area contributed by atoms with Crippen LogP contribution in [0.4, 0.5) is 0 Å². The second-order valence-electron chi connectivity index (χ2n) is 3.63. The minimum absolute atomic E-state index is 0.129. The van der Waals surface area contributed by atoms with Crippen LogP contribution in [-0.4, -0.2) is 5.78 Å². The van der Waals surface area contributed by atoms with Crippen molar-refractivity contribution in [2.45, 2.75) is 13.8 Å². The molecule has 0 saturated carbocycles. The normalized spacial score (nSPS) is 10.4. The number of carbonyl (C=O) groups excluding carboxylic acids is 1. The lowest BCUT2D eigenvalue weighted by atomic mass is 10.1. The van der Waals surface area contributed by atoms with Crippen LogP contribution in [0.5, 0.6) is 0 Å². The number of thiophene rings is 1. The molecule has 0 radical (unpaired) electrons. The first-order chi connectivity index (χ1) is 7.59. The highest BCUT2D eigenvalue weighted by Gasteiger charge is 2.09. The molecule has 0 bridgehead atoms. The number of hydrogen-bond acceptors (Lipinski definition) is 2. The maximum absolute atomic E-state index is 11.2. The van der Waals surface area contributed by atoms with Gasteiger partial charge in [-0.25, -0.2) is 0 Å². The molecule has 0 aliphatic heterocycles. The third-order valence-corrected chi connectivity index (χ3v) is 4.56. The van der Waals surface area contributed by atoms with E-state index < -0.39 is 0 Å². The Kier molecular flexibility index (Phi) is 3.26. The Morgan fingerprint density at radius 3 is 2.62 bits per heavy atom. The average Bonchev–Trinajstić information content (AvgIpc) is 2.71. The summed E-state index contributed by atoms with van der Waals surface area (Å²) in [6.07, 6.45) is 0. The molecule has 0 aliphatic carbocycles. The molecule has 0 spiro atoms. The molecule has 0 atom stereocenters.